The summed E-state index contributed by atoms with van der Waals surface area (Å²) in [5, 5.41) is 2.96. The molecule has 0 unspecified atom stereocenters. The third-order valence-electron chi connectivity index (χ3n) is 5.29. The average Bonchev–Trinajstić information content (AvgIpc) is 2.99. The topological polar surface area (TPSA) is 63.6 Å². The van der Waals surface area contributed by atoms with Gasteiger partial charge >= 0.3 is 5.97 Å². The number of rotatable bonds is 7. The molecule has 0 radical (unpaired) electrons. The minimum Gasteiger partial charge on any atom is -0.461 e. The highest BCUT2D eigenvalue weighted by Crippen LogP contribution is 2.26. The van der Waals surface area contributed by atoms with Crippen LogP contribution in [0.25, 0.3) is 0 Å². The molecular weight excluding hydrogens is 390 g/mol. The Morgan fingerprint density at radius 2 is 1.65 bits per heavy atom. The van der Waals surface area contributed by atoms with E-state index in [4.69, 9.17) is 4.74 Å². The molecule has 1 amide bonds. The van der Waals surface area contributed by atoms with E-state index < -0.39 is 5.97 Å². The van der Waals surface area contributed by atoms with Gasteiger partial charge in [0.05, 0.1) is 12.2 Å². The van der Waals surface area contributed by atoms with Crippen LogP contribution in [0.15, 0.2) is 54.6 Å². The van der Waals surface area contributed by atoms with E-state index in [2.05, 4.69) is 5.32 Å². The lowest BCUT2D eigenvalue weighted by molar-refractivity contribution is 0.0513. The van der Waals surface area contributed by atoms with E-state index >= 15 is 0 Å². The first-order valence-electron chi connectivity index (χ1n) is 10.3. The Hall–Kier alpha value is -3.54. The van der Waals surface area contributed by atoms with Crippen LogP contribution in [0.5, 0.6) is 0 Å². The van der Waals surface area contributed by atoms with Crippen molar-refractivity contribution in [3.63, 3.8) is 0 Å². The summed E-state index contributed by atoms with van der Waals surface area (Å²) < 4.78 is 7.16. The van der Waals surface area contributed by atoms with E-state index in [-0.39, 0.29) is 12.5 Å². The first-order chi connectivity index (χ1) is 14.8. The van der Waals surface area contributed by atoms with Crippen LogP contribution in [0.1, 0.15) is 44.6 Å². The molecule has 0 fully saturated rings. The van der Waals surface area contributed by atoms with Gasteiger partial charge in [-0.2, -0.15) is 0 Å². The Labute approximate surface area is 183 Å². The average molecular weight is 420 g/mol. The van der Waals surface area contributed by atoms with Crippen LogP contribution in [0, 0.1) is 13.8 Å². The number of nitrogens with one attached hydrogen (secondary N) is 1. The molecule has 3 aromatic rings. The van der Waals surface area contributed by atoms with Crippen LogP contribution >= 0.6 is 0 Å². The van der Waals surface area contributed by atoms with Gasteiger partial charge in [0.2, 0.25) is 0 Å². The molecule has 6 nitrogen and oxygen atoms in total. The number of anilines is 2. The Kier molecular flexibility index (Phi) is 6.80. The largest absolute Gasteiger partial charge is 0.461 e. The van der Waals surface area contributed by atoms with Gasteiger partial charge in [0, 0.05) is 37.7 Å². The molecule has 162 valence electrons. The summed E-state index contributed by atoms with van der Waals surface area (Å²) in [6.45, 7) is 6.18. The molecule has 1 aromatic heterocycles. The van der Waals surface area contributed by atoms with Crippen LogP contribution in [0.2, 0.25) is 0 Å². The molecule has 6 heteroatoms. The summed E-state index contributed by atoms with van der Waals surface area (Å²) in [4.78, 5) is 27.9. The fourth-order valence-electron chi connectivity index (χ4n) is 3.69. The molecule has 2 aromatic carbocycles. The number of amides is 1. The number of esters is 1. The monoisotopic (exact) mass is 419 g/mol. The van der Waals surface area contributed by atoms with Crippen molar-refractivity contribution in [2.24, 2.45) is 0 Å². The predicted octanol–water partition coefficient (Wildman–Crippen LogP) is 4.65. The van der Waals surface area contributed by atoms with Crippen molar-refractivity contribution in [3.05, 3.63) is 82.7 Å². The van der Waals surface area contributed by atoms with Crippen molar-refractivity contribution in [3.8, 4) is 0 Å². The zero-order chi connectivity index (χ0) is 22.5. The number of nitrogens with zero attached hydrogens (tertiary/aromatic N) is 2. The van der Waals surface area contributed by atoms with E-state index in [1.165, 1.54) is 0 Å². The molecule has 0 aliphatic heterocycles. The van der Waals surface area contributed by atoms with Crippen molar-refractivity contribution in [1.82, 2.24) is 4.57 Å². The van der Waals surface area contributed by atoms with Gasteiger partial charge in [-0.05, 0) is 56.2 Å². The normalized spacial score (nSPS) is 10.6. The smallest absolute Gasteiger partial charge is 0.355 e. The standard InChI is InChI=1S/C25H29N3O3/c1-6-31-25(30)23-17(2)22(18(3)28(23)16-19-10-8-7-9-11-19)24(29)26-20-12-14-21(15-13-20)27(4)5/h7-15H,6,16H2,1-5H3,(H,26,29). The second kappa shape index (κ2) is 9.51. The lowest BCUT2D eigenvalue weighted by Crippen LogP contribution is -2.15. The number of carbonyl (C=O) groups is 2. The fourth-order valence-corrected chi connectivity index (χ4v) is 3.69. The summed E-state index contributed by atoms with van der Waals surface area (Å²) in [6.07, 6.45) is 0. The van der Waals surface area contributed by atoms with Crippen molar-refractivity contribution in [2.45, 2.75) is 27.3 Å². The van der Waals surface area contributed by atoms with E-state index in [1.54, 1.807) is 13.8 Å². The van der Waals surface area contributed by atoms with Crippen LogP contribution < -0.4 is 10.2 Å². The second-order valence-electron chi connectivity index (χ2n) is 7.62. The maximum atomic E-state index is 13.2. The van der Waals surface area contributed by atoms with Gasteiger partial charge in [-0.1, -0.05) is 30.3 Å². The Morgan fingerprint density at radius 3 is 2.23 bits per heavy atom. The van der Waals surface area contributed by atoms with Crippen LogP contribution in [-0.4, -0.2) is 37.1 Å². The first kappa shape index (κ1) is 22.2. The van der Waals surface area contributed by atoms with E-state index in [1.807, 2.05) is 85.1 Å². The van der Waals surface area contributed by atoms with E-state index in [0.29, 0.717) is 29.1 Å². The minimum atomic E-state index is -0.423. The molecule has 1 heterocycles. The number of carbonyl (C=O) groups excluding carboxylic acids is 2. The number of benzene rings is 2. The van der Waals surface area contributed by atoms with Gasteiger partial charge in [-0.25, -0.2) is 4.79 Å². The van der Waals surface area contributed by atoms with Crippen molar-refractivity contribution in [2.75, 3.05) is 30.9 Å². The molecule has 31 heavy (non-hydrogen) atoms. The van der Waals surface area contributed by atoms with E-state index in [0.717, 1.165) is 16.9 Å². The highest BCUT2D eigenvalue weighted by molar-refractivity contribution is 6.08. The van der Waals surface area contributed by atoms with Gasteiger partial charge in [0.25, 0.3) is 5.91 Å². The molecule has 3 rings (SSSR count). The number of aromatic nitrogens is 1. The quantitative estimate of drug-likeness (QED) is 0.566. The van der Waals surface area contributed by atoms with Gasteiger partial charge < -0.3 is 19.5 Å². The highest BCUT2D eigenvalue weighted by atomic mass is 16.5. The van der Waals surface area contributed by atoms with Crippen LogP contribution in [-0.2, 0) is 11.3 Å². The summed E-state index contributed by atoms with van der Waals surface area (Å²) in [5.41, 5.74) is 5.04. The van der Waals surface area contributed by atoms with Crippen LogP contribution in [0.3, 0.4) is 0 Å². The first-order valence-corrected chi connectivity index (χ1v) is 10.3. The lowest BCUT2D eigenvalue weighted by Gasteiger charge is -2.13. The molecule has 0 aliphatic rings. The van der Waals surface area contributed by atoms with E-state index in [9.17, 15) is 9.59 Å². The Balaban J connectivity index is 1.98. The lowest BCUT2D eigenvalue weighted by atomic mass is 10.1. The summed E-state index contributed by atoms with van der Waals surface area (Å²) in [5.74, 6) is -0.668. The maximum Gasteiger partial charge on any atom is 0.355 e. The van der Waals surface area contributed by atoms with Gasteiger partial charge in [-0.15, -0.1) is 0 Å². The Bertz CT molecular complexity index is 1070. The minimum absolute atomic E-state index is 0.245. The molecule has 0 saturated heterocycles. The third-order valence-corrected chi connectivity index (χ3v) is 5.29. The Morgan fingerprint density at radius 1 is 1.00 bits per heavy atom. The number of ether oxygens (including phenoxy) is 1. The maximum absolute atomic E-state index is 13.2. The highest BCUT2D eigenvalue weighted by Gasteiger charge is 2.27. The molecule has 0 spiro atoms. The zero-order valence-electron chi connectivity index (χ0n) is 18.7. The van der Waals surface area contributed by atoms with Crippen molar-refractivity contribution < 1.29 is 14.3 Å². The van der Waals surface area contributed by atoms with Crippen molar-refractivity contribution >= 4 is 23.3 Å². The molecule has 0 saturated carbocycles. The summed E-state index contributed by atoms with van der Waals surface area (Å²) >= 11 is 0. The molecule has 0 atom stereocenters. The summed E-state index contributed by atoms with van der Waals surface area (Å²) in [6, 6.07) is 17.5. The van der Waals surface area contributed by atoms with Crippen LogP contribution in [0.4, 0.5) is 11.4 Å². The SMILES string of the molecule is CCOC(=O)c1c(C)c(C(=O)Nc2ccc(N(C)C)cc2)c(C)n1Cc1ccccc1. The van der Waals surface area contributed by atoms with Gasteiger partial charge in [0.15, 0.2) is 0 Å². The molecule has 0 aliphatic carbocycles. The zero-order valence-corrected chi connectivity index (χ0v) is 18.7. The third kappa shape index (κ3) is 4.79. The molecular formula is C25H29N3O3. The van der Waals surface area contributed by atoms with Crippen molar-refractivity contribution in [1.29, 1.82) is 0 Å². The van der Waals surface area contributed by atoms with Gasteiger partial charge in [0.1, 0.15) is 5.69 Å². The predicted molar refractivity (Wildman–Crippen MR) is 124 cm³/mol. The van der Waals surface area contributed by atoms with Gasteiger partial charge in [-0.3, -0.25) is 4.79 Å². The molecule has 0 bridgehead atoms. The summed E-state index contributed by atoms with van der Waals surface area (Å²) in [7, 11) is 3.93. The second-order valence-corrected chi connectivity index (χ2v) is 7.62. The number of hydrogen-bond acceptors (Lipinski definition) is 4. The fraction of sp³-hybridized carbons (Fsp3) is 0.280. The number of hydrogen-bond donors (Lipinski definition) is 1. The molecule has 1 N–H and O–H groups in total.